The highest BCUT2D eigenvalue weighted by molar-refractivity contribution is 5.53. The number of nitrogen functional groups attached to an aromatic ring is 1. The third-order valence-electron chi connectivity index (χ3n) is 2.48. The summed E-state index contributed by atoms with van der Waals surface area (Å²) in [4.78, 5) is 18.1. The summed E-state index contributed by atoms with van der Waals surface area (Å²) in [6.45, 7) is 0. The first-order valence-corrected chi connectivity index (χ1v) is 5.72. The lowest BCUT2D eigenvalue weighted by atomic mass is 10.2. The van der Waals surface area contributed by atoms with E-state index in [2.05, 4.69) is 15.3 Å². The highest BCUT2D eigenvalue weighted by Crippen LogP contribution is 2.32. The molecule has 0 aliphatic carbocycles. The number of benzene rings is 1. The summed E-state index contributed by atoms with van der Waals surface area (Å²) in [6.07, 6.45) is 0. The molecule has 0 fully saturated rings. The third-order valence-corrected chi connectivity index (χ3v) is 2.48. The molecular weight excluding hydrogens is 276 g/mol. The fraction of sp³-hybridized carbons (Fsp3) is 0.0833. The smallest absolute Gasteiger partial charge is 0.312 e. The normalized spacial score (nSPS) is 9.71. The van der Waals surface area contributed by atoms with E-state index in [9.17, 15) is 10.1 Å². The molecule has 1 aromatic heterocycles. The van der Waals surface area contributed by atoms with Crippen LogP contribution in [-0.4, -0.2) is 21.9 Å². The van der Waals surface area contributed by atoms with Crippen molar-refractivity contribution in [2.24, 2.45) is 0 Å². The van der Waals surface area contributed by atoms with Gasteiger partial charge in [-0.2, -0.15) is 15.2 Å². The van der Waals surface area contributed by atoms with Crippen LogP contribution in [0.15, 0.2) is 24.3 Å². The number of nitriles is 1. The van der Waals surface area contributed by atoms with E-state index in [1.165, 1.54) is 18.2 Å². The van der Waals surface area contributed by atoms with E-state index in [1.807, 2.05) is 6.07 Å². The van der Waals surface area contributed by atoms with Crippen molar-refractivity contribution >= 4 is 17.5 Å². The molecule has 0 saturated heterocycles. The van der Waals surface area contributed by atoms with E-state index < -0.39 is 4.92 Å². The second-order valence-corrected chi connectivity index (χ2v) is 3.85. The van der Waals surface area contributed by atoms with Crippen molar-refractivity contribution in [1.29, 1.82) is 5.26 Å². The molecule has 2 aromatic rings. The predicted octanol–water partition coefficient (Wildman–Crippen LogP) is 1.67. The molecular formula is C12H10N6O3. The number of rotatable bonds is 4. The quantitative estimate of drug-likeness (QED) is 0.638. The minimum Gasteiger partial charge on any atom is -0.432 e. The van der Waals surface area contributed by atoms with Crippen molar-refractivity contribution in [1.82, 2.24) is 9.97 Å². The number of hydrogen-bond acceptors (Lipinski definition) is 8. The largest absolute Gasteiger partial charge is 0.432 e. The zero-order valence-corrected chi connectivity index (χ0v) is 10.9. The van der Waals surface area contributed by atoms with Crippen LogP contribution in [0.5, 0.6) is 11.6 Å². The number of ether oxygens (including phenoxy) is 1. The molecule has 9 nitrogen and oxygen atoms in total. The Balaban J connectivity index is 2.42. The van der Waals surface area contributed by atoms with Crippen LogP contribution < -0.4 is 15.8 Å². The average Bonchev–Trinajstić information content (AvgIpc) is 2.46. The van der Waals surface area contributed by atoms with Crippen LogP contribution in [0.4, 0.5) is 17.5 Å². The molecule has 0 spiro atoms. The molecule has 21 heavy (non-hydrogen) atoms. The van der Waals surface area contributed by atoms with Crippen LogP contribution in [0, 0.1) is 21.4 Å². The van der Waals surface area contributed by atoms with Gasteiger partial charge in [-0.3, -0.25) is 10.1 Å². The van der Waals surface area contributed by atoms with E-state index >= 15 is 0 Å². The minimum absolute atomic E-state index is 0.0341. The summed E-state index contributed by atoms with van der Waals surface area (Å²) in [7, 11) is 1.63. The van der Waals surface area contributed by atoms with Gasteiger partial charge >= 0.3 is 5.69 Å². The second-order valence-electron chi connectivity index (χ2n) is 3.85. The summed E-state index contributed by atoms with van der Waals surface area (Å²) in [5, 5.41) is 22.5. The van der Waals surface area contributed by atoms with Gasteiger partial charge in [0, 0.05) is 19.2 Å². The minimum atomic E-state index is -0.639. The molecule has 9 heteroatoms. The van der Waals surface area contributed by atoms with Gasteiger partial charge in [-0.25, -0.2) is 0 Å². The van der Waals surface area contributed by atoms with Crippen molar-refractivity contribution in [2.75, 3.05) is 18.1 Å². The maximum atomic E-state index is 11.0. The van der Waals surface area contributed by atoms with E-state index in [1.54, 1.807) is 7.05 Å². The zero-order chi connectivity index (χ0) is 15.4. The number of nitrogens with two attached hydrogens (primary N) is 1. The van der Waals surface area contributed by atoms with Gasteiger partial charge in [-0.1, -0.05) is 0 Å². The molecule has 0 aliphatic heterocycles. The first-order valence-electron chi connectivity index (χ1n) is 5.72. The van der Waals surface area contributed by atoms with Crippen molar-refractivity contribution in [3.05, 3.63) is 39.9 Å². The molecule has 0 unspecified atom stereocenters. The maximum Gasteiger partial charge on any atom is 0.312 e. The fourth-order valence-corrected chi connectivity index (χ4v) is 1.55. The highest BCUT2D eigenvalue weighted by atomic mass is 16.6. The number of nitro groups is 1. The van der Waals surface area contributed by atoms with Gasteiger partial charge in [0.2, 0.25) is 17.6 Å². The second kappa shape index (κ2) is 5.70. The van der Waals surface area contributed by atoms with Crippen LogP contribution in [0.1, 0.15) is 5.56 Å². The summed E-state index contributed by atoms with van der Waals surface area (Å²) < 4.78 is 5.37. The van der Waals surface area contributed by atoms with Gasteiger partial charge < -0.3 is 15.8 Å². The molecule has 0 saturated carbocycles. The molecule has 0 bridgehead atoms. The third kappa shape index (κ3) is 3.13. The van der Waals surface area contributed by atoms with Crippen molar-refractivity contribution < 1.29 is 9.66 Å². The van der Waals surface area contributed by atoms with E-state index in [4.69, 9.17) is 15.7 Å². The lowest BCUT2D eigenvalue weighted by molar-refractivity contribution is -0.385. The summed E-state index contributed by atoms with van der Waals surface area (Å²) in [5.74, 6) is 0.390. The van der Waals surface area contributed by atoms with Gasteiger partial charge in [0.25, 0.3) is 0 Å². The number of hydrogen-bond donors (Lipinski definition) is 2. The van der Waals surface area contributed by atoms with E-state index in [0.29, 0.717) is 5.82 Å². The first-order chi connectivity index (χ1) is 10.0. The van der Waals surface area contributed by atoms with Crippen LogP contribution in [0.3, 0.4) is 0 Å². The van der Waals surface area contributed by atoms with Gasteiger partial charge in [-0.05, 0) is 12.1 Å². The fourth-order valence-electron chi connectivity index (χ4n) is 1.55. The summed E-state index contributed by atoms with van der Waals surface area (Å²) in [6, 6.07) is 7.13. The van der Waals surface area contributed by atoms with Gasteiger partial charge in [0.1, 0.15) is 5.82 Å². The molecule has 0 radical (unpaired) electrons. The molecule has 3 N–H and O–H groups in total. The van der Waals surface area contributed by atoms with Crippen LogP contribution in [0.25, 0.3) is 0 Å². The Bertz CT molecular complexity index is 740. The lowest BCUT2D eigenvalue weighted by Gasteiger charge is -2.07. The van der Waals surface area contributed by atoms with E-state index in [-0.39, 0.29) is 28.8 Å². The number of anilines is 2. The zero-order valence-electron chi connectivity index (χ0n) is 10.9. The standard InChI is InChI=1S/C12H10N6O3/c1-15-10-5-11(17-12(14)16-10)21-9-3-2-7(6-13)4-8(9)18(19)20/h2-5H,1H3,(H3,14,15,16,17). The number of nitrogens with one attached hydrogen (secondary N) is 1. The Kier molecular flexibility index (Phi) is 3.80. The number of aromatic nitrogens is 2. The number of nitro benzene ring substituents is 1. The van der Waals surface area contributed by atoms with Crippen LogP contribution >= 0.6 is 0 Å². The van der Waals surface area contributed by atoms with E-state index in [0.717, 1.165) is 6.07 Å². The molecule has 1 aromatic carbocycles. The highest BCUT2D eigenvalue weighted by Gasteiger charge is 2.18. The monoisotopic (exact) mass is 286 g/mol. The molecule has 0 atom stereocenters. The molecule has 2 rings (SSSR count). The van der Waals surface area contributed by atoms with Gasteiger partial charge in [0.15, 0.2) is 0 Å². The van der Waals surface area contributed by atoms with Crippen molar-refractivity contribution in [3.63, 3.8) is 0 Å². The molecule has 0 amide bonds. The SMILES string of the molecule is CNc1cc(Oc2ccc(C#N)cc2[N+](=O)[O-])nc(N)n1. The topological polar surface area (TPSA) is 140 Å². The van der Waals surface area contributed by atoms with Gasteiger partial charge in [-0.15, -0.1) is 0 Å². The molecule has 1 heterocycles. The van der Waals surface area contributed by atoms with Crippen molar-refractivity contribution in [2.45, 2.75) is 0 Å². The predicted molar refractivity (Wildman–Crippen MR) is 73.9 cm³/mol. The average molecular weight is 286 g/mol. The van der Waals surface area contributed by atoms with Gasteiger partial charge in [0.05, 0.1) is 16.6 Å². The molecule has 0 aliphatic rings. The Morgan fingerprint density at radius 2 is 2.19 bits per heavy atom. The first kappa shape index (κ1) is 14.0. The molecule has 106 valence electrons. The number of nitrogens with zero attached hydrogens (tertiary/aromatic N) is 4. The van der Waals surface area contributed by atoms with Crippen LogP contribution in [-0.2, 0) is 0 Å². The lowest BCUT2D eigenvalue weighted by Crippen LogP contribution is -2.02. The Labute approximate surface area is 119 Å². The summed E-state index contributed by atoms with van der Waals surface area (Å²) >= 11 is 0. The summed E-state index contributed by atoms with van der Waals surface area (Å²) in [5.41, 5.74) is 5.34. The Morgan fingerprint density at radius 3 is 2.81 bits per heavy atom. The van der Waals surface area contributed by atoms with Crippen molar-refractivity contribution in [3.8, 4) is 17.7 Å². The van der Waals surface area contributed by atoms with Crippen LogP contribution in [0.2, 0.25) is 0 Å². The Hall–Kier alpha value is -3.41. The maximum absolute atomic E-state index is 11.0. The Morgan fingerprint density at radius 1 is 1.43 bits per heavy atom.